The molecule has 1 atom stereocenters. The zero-order chi connectivity index (χ0) is 12.4. The third-order valence-electron chi connectivity index (χ3n) is 2.45. The topological polar surface area (TPSA) is 46.0 Å². The van der Waals surface area contributed by atoms with E-state index in [-0.39, 0.29) is 12.0 Å². The van der Waals surface area contributed by atoms with Crippen LogP contribution in [0.25, 0.3) is 10.9 Å². The van der Waals surface area contributed by atoms with Crippen LogP contribution in [0, 0.1) is 5.41 Å². The van der Waals surface area contributed by atoms with Crippen molar-refractivity contribution in [2.75, 3.05) is 0 Å². The lowest BCUT2D eigenvalue weighted by Gasteiger charge is -2.13. The van der Waals surface area contributed by atoms with Crippen molar-refractivity contribution in [3.8, 4) is 0 Å². The molecule has 0 unspecified atom stereocenters. The maximum atomic E-state index is 7.31. The number of rotatable bonds is 2. The molecular formula is C13H13BrN2O. The summed E-state index contributed by atoms with van der Waals surface area (Å²) < 4.78 is 6.33. The zero-order valence-corrected chi connectivity index (χ0v) is 11.3. The minimum absolute atomic E-state index is 0.198. The normalized spacial score (nSPS) is 12.4. The lowest BCUT2D eigenvalue weighted by molar-refractivity contribution is 0.204. The van der Waals surface area contributed by atoms with Crippen LogP contribution in [0.1, 0.15) is 25.6 Å². The first-order valence-corrected chi connectivity index (χ1v) is 6.13. The Kier molecular flexibility index (Phi) is 3.43. The molecule has 0 aliphatic heterocycles. The predicted molar refractivity (Wildman–Crippen MR) is 72.3 cm³/mol. The number of hydrogen-bond acceptors (Lipinski definition) is 3. The molecule has 0 aliphatic rings. The van der Waals surface area contributed by atoms with Gasteiger partial charge in [0.2, 0.25) is 0 Å². The van der Waals surface area contributed by atoms with Crippen LogP contribution in [-0.4, -0.2) is 10.9 Å². The van der Waals surface area contributed by atoms with Gasteiger partial charge in [-0.25, -0.2) is 4.98 Å². The van der Waals surface area contributed by atoms with E-state index in [0.29, 0.717) is 0 Å². The molecule has 0 radical (unpaired) electrons. The van der Waals surface area contributed by atoms with Crippen LogP contribution in [-0.2, 0) is 4.74 Å². The van der Waals surface area contributed by atoms with Gasteiger partial charge in [0, 0.05) is 16.8 Å². The summed E-state index contributed by atoms with van der Waals surface area (Å²) in [5.74, 6) is 0.202. The summed E-state index contributed by atoms with van der Waals surface area (Å²) in [6.07, 6.45) is -0.198. The Morgan fingerprint density at radius 1 is 1.35 bits per heavy atom. The van der Waals surface area contributed by atoms with Crippen LogP contribution in [0.3, 0.4) is 0 Å². The van der Waals surface area contributed by atoms with Crippen LogP contribution in [0.2, 0.25) is 0 Å². The molecule has 1 N–H and O–H groups in total. The number of fused-ring (bicyclic) bond motifs is 1. The first-order valence-electron chi connectivity index (χ1n) is 5.34. The van der Waals surface area contributed by atoms with Crippen molar-refractivity contribution in [1.82, 2.24) is 4.98 Å². The van der Waals surface area contributed by atoms with Gasteiger partial charge in [-0.3, -0.25) is 5.41 Å². The summed E-state index contributed by atoms with van der Waals surface area (Å²) in [6.45, 7) is 3.51. The fourth-order valence-corrected chi connectivity index (χ4v) is 2.01. The second-order valence-corrected chi connectivity index (χ2v) is 4.81. The molecule has 0 saturated carbocycles. The first-order chi connectivity index (χ1) is 8.06. The van der Waals surface area contributed by atoms with Gasteiger partial charge in [-0.05, 0) is 25.1 Å². The molecule has 2 rings (SSSR count). The summed E-state index contributed by atoms with van der Waals surface area (Å²) in [6, 6.07) is 9.94. The Morgan fingerprint density at radius 2 is 2.06 bits per heavy atom. The minimum atomic E-state index is -0.198. The highest BCUT2D eigenvalue weighted by Gasteiger charge is 2.09. The summed E-state index contributed by atoms with van der Waals surface area (Å²) >= 11 is 3.43. The van der Waals surface area contributed by atoms with Crippen molar-refractivity contribution in [2.45, 2.75) is 20.0 Å². The van der Waals surface area contributed by atoms with E-state index < -0.39 is 0 Å². The van der Waals surface area contributed by atoms with Crippen molar-refractivity contribution < 1.29 is 4.74 Å². The quantitative estimate of drug-likeness (QED) is 0.670. The molecule has 0 aliphatic carbocycles. The molecule has 88 valence electrons. The summed E-state index contributed by atoms with van der Waals surface area (Å²) in [4.78, 5) is 4.54. The molecule has 2 aromatic rings. The van der Waals surface area contributed by atoms with Crippen molar-refractivity contribution in [3.63, 3.8) is 0 Å². The largest absolute Gasteiger partial charge is 0.472 e. The second-order valence-electron chi connectivity index (χ2n) is 3.89. The molecular weight excluding hydrogens is 280 g/mol. The Bertz CT molecular complexity index is 568. The van der Waals surface area contributed by atoms with Crippen molar-refractivity contribution >= 4 is 32.7 Å². The van der Waals surface area contributed by atoms with Crippen molar-refractivity contribution in [2.24, 2.45) is 0 Å². The number of ether oxygens (including phenoxy) is 1. The highest BCUT2D eigenvalue weighted by molar-refractivity contribution is 9.10. The molecule has 0 spiro atoms. The standard InChI is InChI=1S/C13H13BrN2O/c1-8(17-9(2)15)12-6-4-10-3-5-11(14)7-13(10)16-12/h3-8,15H,1-2H3/t8-/m1/s1. The lowest BCUT2D eigenvalue weighted by atomic mass is 10.1. The van der Waals surface area contributed by atoms with Crippen LogP contribution in [0.15, 0.2) is 34.8 Å². The monoisotopic (exact) mass is 292 g/mol. The predicted octanol–water partition coefficient (Wildman–Crippen LogP) is 4.07. The summed E-state index contributed by atoms with van der Waals surface area (Å²) in [5, 5.41) is 8.41. The molecule has 4 heteroatoms. The third-order valence-corrected chi connectivity index (χ3v) is 2.94. The third kappa shape index (κ3) is 2.82. The number of nitrogens with one attached hydrogen (secondary N) is 1. The maximum Gasteiger partial charge on any atom is 0.178 e. The van der Waals surface area contributed by atoms with Crippen LogP contribution >= 0.6 is 15.9 Å². The molecule has 3 nitrogen and oxygen atoms in total. The fourth-order valence-electron chi connectivity index (χ4n) is 1.66. The second kappa shape index (κ2) is 4.84. The molecule has 1 aromatic carbocycles. The summed E-state index contributed by atoms with van der Waals surface area (Å²) in [5.41, 5.74) is 1.76. The van der Waals surface area contributed by atoms with Gasteiger partial charge in [0.15, 0.2) is 5.90 Å². The van der Waals surface area contributed by atoms with Crippen molar-refractivity contribution in [1.29, 1.82) is 5.41 Å². The van der Waals surface area contributed by atoms with E-state index in [4.69, 9.17) is 10.1 Å². The molecule has 0 amide bonds. The molecule has 0 bridgehead atoms. The van der Waals surface area contributed by atoms with E-state index in [1.807, 2.05) is 37.3 Å². The number of halogens is 1. The maximum absolute atomic E-state index is 7.31. The fraction of sp³-hybridized carbons (Fsp3) is 0.231. The number of benzene rings is 1. The van der Waals surface area contributed by atoms with E-state index in [0.717, 1.165) is 21.1 Å². The number of aromatic nitrogens is 1. The first kappa shape index (κ1) is 12.0. The Balaban J connectivity index is 2.39. The Labute approximate surface area is 108 Å². The van der Waals surface area contributed by atoms with Gasteiger partial charge in [-0.2, -0.15) is 0 Å². The smallest absolute Gasteiger partial charge is 0.178 e. The average molecular weight is 293 g/mol. The van der Waals surface area contributed by atoms with E-state index in [1.54, 1.807) is 6.92 Å². The van der Waals surface area contributed by atoms with Gasteiger partial charge in [0.25, 0.3) is 0 Å². The van der Waals surface area contributed by atoms with Crippen molar-refractivity contribution in [3.05, 3.63) is 40.5 Å². The average Bonchev–Trinajstić information content (AvgIpc) is 2.27. The van der Waals surface area contributed by atoms with Gasteiger partial charge < -0.3 is 4.74 Å². The van der Waals surface area contributed by atoms with Gasteiger partial charge in [-0.15, -0.1) is 0 Å². The molecule has 0 fully saturated rings. The van der Waals surface area contributed by atoms with E-state index in [9.17, 15) is 0 Å². The lowest BCUT2D eigenvalue weighted by Crippen LogP contribution is -2.05. The number of hydrogen-bond donors (Lipinski definition) is 1. The van der Waals surface area contributed by atoms with Gasteiger partial charge >= 0.3 is 0 Å². The molecule has 0 saturated heterocycles. The molecule has 1 heterocycles. The van der Waals surface area contributed by atoms with Gasteiger partial charge in [0.1, 0.15) is 6.10 Å². The zero-order valence-electron chi connectivity index (χ0n) is 9.70. The van der Waals surface area contributed by atoms with E-state index >= 15 is 0 Å². The van der Waals surface area contributed by atoms with Gasteiger partial charge in [-0.1, -0.05) is 28.1 Å². The van der Waals surface area contributed by atoms with E-state index in [2.05, 4.69) is 20.9 Å². The SMILES string of the molecule is CC(=N)O[C@H](C)c1ccc2ccc(Br)cc2n1. The molecule has 1 aromatic heterocycles. The number of nitrogens with zero attached hydrogens (tertiary/aromatic N) is 1. The van der Waals surface area contributed by atoms with E-state index in [1.165, 1.54) is 0 Å². The van der Waals surface area contributed by atoms with Gasteiger partial charge in [0.05, 0.1) is 11.2 Å². The summed E-state index contributed by atoms with van der Waals surface area (Å²) in [7, 11) is 0. The van der Waals surface area contributed by atoms with Crippen LogP contribution in [0.5, 0.6) is 0 Å². The Morgan fingerprint density at radius 3 is 2.76 bits per heavy atom. The Hall–Kier alpha value is -1.42. The number of pyridine rings is 1. The minimum Gasteiger partial charge on any atom is -0.472 e. The van der Waals surface area contributed by atoms with Crippen LogP contribution in [0.4, 0.5) is 0 Å². The molecule has 17 heavy (non-hydrogen) atoms. The van der Waals surface area contributed by atoms with Crippen LogP contribution < -0.4 is 0 Å². The highest BCUT2D eigenvalue weighted by atomic mass is 79.9. The highest BCUT2D eigenvalue weighted by Crippen LogP contribution is 2.22.